The van der Waals surface area contributed by atoms with Crippen molar-refractivity contribution < 1.29 is 8.42 Å². The summed E-state index contributed by atoms with van der Waals surface area (Å²) < 4.78 is 30.0. The summed E-state index contributed by atoms with van der Waals surface area (Å²) >= 11 is 0. The Balaban J connectivity index is 1.63. The average molecular weight is 400 g/mol. The molecular formula is C20H25N5O2S. The summed E-state index contributed by atoms with van der Waals surface area (Å²) in [5.74, 6) is 1.35. The zero-order valence-corrected chi connectivity index (χ0v) is 17.1. The first-order valence-corrected chi connectivity index (χ1v) is 10.7. The predicted molar refractivity (Wildman–Crippen MR) is 108 cm³/mol. The number of hydrogen-bond donors (Lipinski definition) is 1. The quantitative estimate of drug-likeness (QED) is 0.588. The molecule has 1 N–H and O–H groups in total. The van der Waals surface area contributed by atoms with E-state index >= 15 is 0 Å². The van der Waals surface area contributed by atoms with Gasteiger partial charge in [0.05, 0.1) is 17.3 Å². The Morgan fingerprint density at radius 1 is 1.14 bits per heavy atom. The van der Waals surface area contributed by atoms with Gasteiger partial charge >= 0.3 is 0 Å². The Bertz CT molecular complexity index is 1030. The maximum absolute atomic E-state index is 12.6. The molecule has 0 unspecified atom stereocenters. The number of nitrogens with one attached hydrogen (secondary N) is 1. The van der Waals surface area contributed by atoms with Crippen LogP contribution in [0.4, 0.5) is 0 Å². The molecule has 0 amide bonds. The normalized spacial score (nSPS) is 11.9. The molecule has 7 nitrogen and oxygen atoms in total. The van der Waals surface area contributed by atoms with Gasteiger partial charge in [0.15, 0.2) is 0 Å². The van der Waals surface area contributed by atoms with Gasteiger partial charge in [0.1, 0.15) is 5.82 Å². The molecule has 2 aromatic heterocycles. The van der Waals surface area contributed by atoms with Crippen LogP contribution in [0.5, 0.6) is 0 Å². The number of aryl methyl sites for hydroxylation is 2. The molecule has 0 spiro atoms. The molecule has 0 saturated heterocycles. The first kappa shape index (κ1) is 20.2. The molecule has 0 bridgehead atoms. The van der Waals surface area contributed by atoms with Crippen LogP contribution in [0.15, 0.2) is 53.9 Å². The number of sulfonamides is 1. The van der Waals surface area contributed by atoms with Gasteiger partial charge in [-0.1, -0.05) is 19.9 Å². The van der Waals surface area contributed by atoms with Crippen LogP contribution in [-0.4, -0.2) is 34.7 Å². The summed E-state index contributed by atoms with van der Waals surface area (Å²) in [4.78, 5) is 4.61. The van der Waals surface area contributed by atoms with E-state index in [0.29, 0.717) is 18.9 Å². The maximum atomic E-state index is 12.6. The molecule has 0 aliphatic rings. The molecular weight excluding hydrogens is 374 g/mol. The van der Waals surface area contributed by atoms with Crippen molar-refractivity contribution in [1.29, 1.82) is 0 Å². The minimum absolute atomic E-state index is 0.265. The van der Waals surface area contributed by atoms with Gasteiger partial charge in [-0.2, -0.15) is 10.2 Å². The Labute approximate surface area is 165 Å². The fourth-order valence-corrected chi connectivity index (χ4v) is 4.29. The molecule has 3 aromatic rings. The van der Waals surface area contributed by atoms with E-state index in [1.807, 2.05) is 19.2 Å². The van der Waals surface area contributed by atoms with Crippen LogP contribution in [0.25, 0.3) is 11.1 Å². The highest BCUT2D eigenvalue weighted by Gasteiger charge is 2.15. The third-order valence-corrected chi connectivity index (χ3v) is 5.99. The highest BCUT2D eigenvalue weighted by atomic mass is 32.2. The zero-order valence-electron chi connectivity index (χ0n) is 16.3. The molecule has 1 aromatic carbocycles. The smallest absolute Gasteiger partial charge is 0.240 e. The van der Waals surface area contributed by atoms with E-state index < -0.39 is 10.0 Å². The molecule has 0 saturated carbocycles. The fraction of sp³-hybridized carbons (Fsp3) is 0.350. The van der Waals surface area contributed by atoms with Gasteiger partial charge in [-0.25, -0.2) is 18.1 Å². The lowest BCUT2D eigenvalue weighted by Crippen LogP contribution is -2.25. The number of imidazole rings is 1. The second kappa shape index (κ2) is 8.62. The summed E-state index contributed by atoms with van der Waals surface area (Å²) in [6.45, 7) is 7.17. The Morgan fingerprint density at radius 3 is 2.64 bits per heavy atom. The van der Waals surface area contributed by atoms with Crippen molar-refractivity contribution in [1.82, 2.24) is 24.5 Å². The zero-order chi connectivity index (χ0) is 20.1. The number of aromatic nitrogens is 4. The minimum Gasteiger partial charge on any atom is -0.335 e. The third kappa shape index (κ3) is 4.63. The van der Waals surface area contributed by atoms with Crippen molar-refractivity contribution in [3.8, 4) is 11.1 Å². The Kier molecular flexibility index (Phi) is 6.21. The van der Waals surface area contributed by atoms with Crippen LogP contribution < -0.4 is 4.72 Å². The predicted octanol–water partition coefficient (Wildman–Crippen LogP) is 3.14. The highest BCUT2D eigenvalue weighted by molar-refractivity contribution is 7.89. The SMILES string of the molecule is Cc1cc(S(=O)(=O)NCCCn2ccnc2C(C)C)ccc1-c1ccnnc1. The van der Waals surface area contributed by atoms with E-state index in [-0.39, 0.29) is 4.90 Å². The van der Waals surface area contributed by atoms with Gasteiger partial charge < -0.3 is 4.57 Å². The lowest BCUT2D eigenvalue weighted by atomic mass is 10.0. The molecule has 0 radical (unpaired) electrons. The van der Waals surface area contributed by atoms with Gasteiger partial charge in [-0.05, 0) is 42.7 Å². The molecule has 0 aliphatic carbocycles. The van der Waals surface area contributed by atoms with E-state index in [0.717, 1.165) is 29.1 Å². The molecule has 3 rings (SSSR count). The number of hydrogen-bond acceptors (Lipinski definition) is 5. The van der Waals surface area contributed by atoms with Crippen LogP contribution >= 0.6 is 0 Å². The van der Waals surface area contributed by atoms with Crippen LogP contribution in [0.1, 0.15) is 37.6 Å². The van der Waals surface area contributed by atoms with Gasteiger partial charge in [0.2, 0.25) is 10.0 Å². The second-order valence-corrected chi connectivity index (χ2v) is 8.76. The summed E-state index contributed by atoms with van der Waals surface area (Å²) in [6.07, 6.45) is 7.68. The van der Waals surface area contributed by atoms with E-state index in [1.54, 1.807) is 36.8 Å². The number of nitrogens with zero attached hydrogens (tertiary/aromatic N) is 4. The van der Waals surface area contributed by atoms with Crippen molar-refractivity contribution in [3.63, 3.8) is 0 Å². The largest absolute Gasteiger partial charge is 0.335 e. The molecule has 0 aliphatic heterocycles. The summed E-state index contributed by atoms with van der Waals surface area (Å²) in [5, 5.41) is 7.65. The van der Waals surface area contributed by atoms with Crippen molar-refractivity contribution in [2.75, 3.05) is 6.54 Å². The highest BCUT2D eigenvalue weighted by Crippen LogP contribution is 2.24. The molecule has 148 valence electrons. The Hall–Kier alpha value is -2.58. The first-order chi connectivity index (χ1) is 13.4. The van der Waals surface area contributed by atoms with Crippen LogP contribution in [-0.2, 0) is 16.6 Å². The van der Waals surface area contributed by atoms with Crippen LogP contribution in [0.2, 0.25) is 0 Å². The van der Waals surface area contributed by atoms with Crippen LogP contribution in [0, 0.1) is 6.92 Å². The van der Waals surface area contributed by atoms with Crippen molar-refractivity contribution >= 4 is 10.0 Å². The van der Waals surface area contributed by atoms with Crippen molar-refractivity contribution in [2.45, 2.75) is 44.6 Å². The van der Waals surface area contributed by atoms with Crippen molar-refractivity contribution in [2.24, 2.45) is 0 Å². The lowest BCUT2D eigenvalue weighted by Gasteiger charge is -2.12. The lowest BCUT2D eigenvalue weighted by molar-refractivity contribution is 0.559. The fourth-order valence-electron chi connectivity index (χ4n) is 3.13. The maximum Gasteiger partial charge on any atom is 0.240 e. The monoisotopic (exact) mass is 399 g/mol. The van der Waals surface area contributed by atoms with Gasteiger partial charge in [0.25, 0.3) is 0 Å². The minimum atomic E-state index is -3.55. The van der Waals surface area contributed by atoms with E-state index in [4.69, 9.17) is 0 Å². The molecule has 8 heteroatoms. The van der Waals surface area contributed by atoms with E-state index in [2.05, 4.69) is 38.3 Å². The van der Waals surface area contributed by atoms with Gasteiger partial charge in [-0.15, -0.1) is 0 Å². The molecule has 28 heavy (non-hydrogen) atoms. The van der Waals surface area contributed by atoms with E-state index in [9.17, 15) is 8.42 Å². The average Bonchev–Trinajstić information content (AvgIpc) is 3.15. The molecule has 0 atom stereocenters. The first-order valence-electron chi connectivity index (χ1n) is 9.27. The topological polar surface area (TPSA) is 89.8 Å². The van der Waals surface area contributed by atoms with Gasteiger partial charge in [0, 0.05) is 37.0 Å². The summed E-state index contributed by atoms with van der Waals surface area (Å²) in [6, 6.07) is 6.97. The summed E-state index contributed by atoms with van der Waals surface area (Å²) in [5.41, 5.74) is 2.72. The summed E-state index contributed by atoms with van der Waals surface area (Å²) in [7, 11) is -3.55. The number of rotatable bonds is 8. The molecule has 2 heterocycles. The third-order valence-electron chi connectivity index (χ3n) is 4.54. The number of benzene rings is 1. The molecule has 0 fully saturated rings. The van der Waals surface area contributed by atoms with Crippen LogP contribution in [0.3, 0.4) is 0 Å². The van der Waals surface area contributed by atoms with Crippen molar-refractivity contribution in [3.05, 3.63) is 60.4 Å². The second-order valence-electron chi connectivity index (χ2n) is 6.99. The van der Waals surface area contributed by atoms with Gasteiger partial charge in [-0.3, -0.25) is 0 Å². The Morgan fingerprint density at radius 2 is 1.96 bits per heavy atom. The standard InChI is InChI=1S/C20H25N5O2S/c1-15(2)20-21-10-12-25(20)11-4-8-24-28(26,27)18-5-6-19(16(3)13-18)17-7-9-22-23-14-17/h5-7,9-10,12-15,24H,4,8,11H2,1-3H3. The van der Waals surface area contributed by atoms with E-state index in [1.165, 1.54) is 0 Å².